The van der Waals surface area contributed by atoms with Crippen molar-refractivity contribution in [1.82, 2.24) is 4.90 Å². The minimum absolute atomic E-state index is 0.155. The Kier molecular flexibility index (Phi) is 3.42. The Labute approximate surface area is 81.7 Å². The Balaban J connectivity index is 2.41. The number of hydrogen-bond acceptors (Lipinski definition) is 2. The second kappa shape index (κ2) is 4.21. The van der Waals surface area contributed by atoms with Gasteiger partial charge in [0.25, 0.3) is 0 Å². The van der Waals surface area contributed by atoms with Gasteiger partial charge < -0.3 is 10.0 Å². The average molecular weight is 207 g/mol. The van der Waals surface area contributed by atoms with E-state index in [-0.39, 0.29) is 5.92 Å². The van der Waals surface area contributed by atoms with Crippen LogP contribution < -0.4 is 0 Å². The lowest BCUT2D eigenvalue weighted by Gasteiger charge is -2.30. The molecule has 1 aliphatic rings. The molecule has 82 valence electrons. The number of aliphatic carboxylic acids is 1. The van der Waals surface area contributed by atoms with Crippen LogP contribution in [0.15, 0.2) is 0 Å². The van der Waals surface area contributed by atoms with Gasteiger partial charge in [0.2, 0.25) is 0 Å². The van der Waals surface area contributed by atoms with Crippen molar-refractivity contribution in [1.29, 1.82) is 0 Å². The molecule has 0 aliphatic carbocycles. The van der Waals surface area contributed by atoms with E-state index in [1.165, 1.54) is 0 Å². The zero-order valence-corrected chi connectivity index (χ0v) is 8.17. The van der Waals surface area contributed by atoms with Crippen molar-refractivity contribution in [2.24, 2.45) is 5.92 Å². The Morgan fingerprint density at radius 3 is 2.43 bits per heavy atom. The van der Waals surface area contributed by atoms with Gasteiger partial charge in [-0.1, -0.05) is 0 Å². The number of halogens is 2. The Hall–Kier alpha value is -0.710. The molecule has 0 aromatic carbocycles. The highest BCUT2D eigenvalue weighted by atomic mass is 19.3. The summed E-state index contributed by atoms with van der Waals surface area (Å²) in [5, 5.41) is 8.26. The molecule has 1 rings (SSSR count). The number of carboxylic acids is 1. The number of likely N-dealkylation sites (tertiary alicyclic amines) is 1. The van der Waals surface area contributed by atoms with Crippen LogP contribution >= 0.6 is 0 Å². The fourth-order valence-corrected chi connectivity index (χ4v) is 1.72. The number of carboxylic acid groups (broad SMARTS) is 1. The van der Waals surface area contributed by atoms with Crippen LogP contribution in [0.2, 0.25) is 0 Å². The first-order valence-corrected chi connectivity index (χ1v) is 4.71. The number of rotatable bonds is 3. The van der Waals surface area contributed by atoms with Crippen molar-refractivity contribution < 1.29 is 18.7 Å². The molecule has 0 radical (unpaired) electrons. The van der Waals surface area contributed by atoms with Gasteiger partial charge in [0.05, 0.1) is 0 Å². The lowest BCUT2D eigenvalue weighted by atomic mass is 9.91. The molecule has 14 heavy (non-hydrogen) atoms. The standard InChI is InChI=1S/C9H15F2NO2/c1-12-4-2-7(3-5-12)6-9(10,11)8(13)14/h7H,2-6H2,1H3,(H,13,14). The van der Waals surface area contributed by atoms with Crippen LogP contribution in [0, 0.1) is 5.92 Å². The van der Waals surface area contributed by atoms with Crippen LogP contribution in [0.4, 0.5) is 8.78 Å². The molecule has 0 aromatic rings. The van der Waals surface area contributed by atoms with Gasteiger partial charge in [-0.15, -0.1) is 0 Å². The molecular weight excluding hydrogens is 192 g/mol. The number of carbonyl (C=O) groups is 1. The van der Waals surface area contributed by atoms with Crippen LogP contribution in [-0.2, 0) is 4.79 Å². The molecule has 1 heterocycles. The maximum absolute atomic E-state index is 12.8. The molecule has 0 amide bonds. The van der Waals surface area contributed by atoms with Gasteiger partial charge in [0.15, 0.2) is 0 Å². The van der Waals surface area contributed by atoms with Gasteiger partial charge in [-0.25, -0.2) is 4.79 Å². The molecule has 0 unspecified atom stereocenters. The number of piperidine rings is 1. The van der Waals surface area contributed by atoms with E-state index < -0.39 is 18.3 Å². The predicted molar refractivity (Wildman–Crippen MR) is 47.4 cm³/mol. The zero-order valence-electron chi connectivity index (χ0n) is 8.17. The lowest BCUT2D eigenvalue weighted by molar-refractivity contribution is -0.167. The third-order valence-corrected chi connectivity index (χ3v) is 2.70. The first-order chi connectivity index (χ1) is 6.42. The van der Waals surface area contributed by atoms with Crippen LogP contribution in [0.1, 0.15) is 19.3 Å². The predicted octanol–water partition coefficient (Wildman–Crippen LogP) is 1.44. The quantitative estimate of drug-likeness (QED) is 0.761. The molecule has 1 N–H and O–H groups in total. The van der Waals surface area contributed by atoms with Crippen LogP contribution in [0.25, 0.3) is 0 Å². The molecule has 0 bridgehead atoms. The molecule has 0 saturated carbocycles. The monoisotopic (exact) mass is 207 g/mol. The van der Waals surface area contributed by atoms with E-state index in [9.17, 15) is 13.6 Å². The fourth-order valence-electron chi connectivity index (χ4n) is 1.72. The minimum Gasteiger partial charge on any atom is -0.477 e. The summed E-state index contributed by atoms with van der Waals surface area (Å²) in [5.41, 5.74) is 0. The van der Waals surface area contributed by atoms with Gasteiger partial charge in [0, 0.05) is 6.42 Å². The summed E-state index contributed by atoms with van der Waals surface area (Å²) in [6.07, 6.45) is 0.814. The second-order valence-corrected chi connectivity index (χ2v) is 3.96. The van der Waals surface area contributed by atoms with Crippen LogP contribution in [-0.4, -0.2) is 42.0 Å². The van der Waals surface area contributed by atoms with Crippen molar-refractivity contribution in [3.63, 3.8) is 0 Å². The van der Waals surface area contributed by atoms with E-state index >= 15 is 0 Å². The highest BCUT2D eigenvalue weighted by molar-refractivity contribution is 5.75. The van der Waals surface area contributed by atoms with Gasteiger partial charge in [-0.05, 0) is 38.9 Å². The van der Waals surface area contributed by atoms with Crippen LogP contribution in [0.5, 0.6) is 0 Å². The molecule has 1 saturated heterocycles. The normalized spacial score (nSPS) is 21.1. The smallest absolute Gasteiger partial charge is 0.374 e. The van der Waals surface area contributed by atoms with E-state index in [0.717, 1.165) is 13.1 Å². The van der Waals surface area contributed by atoms with Gasteiger partial charge in [-0.2, -0.15) is 8.78 Å². The lowest BCUT2D eigenvalue weighted by Crippen LogP contribution is -2.36. The summed E-state index contributed by atoms with van der Waals surface area (Å²) in [6, 6.07) is 0. The van der Waals surface area contributed by atoms with Crippen molar-refractivity contribution in [2.75, 3.05) is 20.1 Å². The maximum atomic E-state index is 12.8. The highest BCUT2D eigenvalue weighted by Crippen LogP contribution is 2.29. The molecule has 1 fully saturated rings. The average Bonchev–Trinajstić information content (AvgIpc) is 2.08. The molecule has 0 atom stereocenters. The van der Waals surface area contributed by atoms with E-state index in [0.29, 0.717) is 12.8 Å². The third-order valence-electron chi connectivity index (χ3n) is 2.70. The summed E-state index contributed by atoms with van der Waals surface area (Å²) in [4.78, 5) is 12.3. The summed E-state index contributed by atoms with van der Waals surface area (Å²) in [6.45, 7) is 1.56. The molecule has 0 aromatic heterocycles. The Morgan fingerprint density at radius 1 is 1.50 bits per heavy atom. The van der Waals surface area contributed by atoms with E-state index in [1.54, 1.807) is 0 Å². The SMILES string of the molecule is CN1CCC(CC(F)(F)C(=O)O)CC1. The van der Waals surface area contributed by atoms with Crippen molar-refractivity contribution in [3.8, 4) is 0 Å². The maximum Gasteiger partial charge on any atom is 0.374 e. The summed E-state index contributed by atoms with van der Waals surface area (Å²) in [7, 11) is 1.94. The molecule has 5 heteroatoms. The summed E-state index contributed by atoms with van der Waals surface area (Å²) >= 11 is 0. The minimum atomic E-state index is -3.55. The summed E-state index contributed by atoms with van der Waals surface area (Å²) in [5.74, 6) is -5.71. The van der Waals surface area contributed by atoms with Gasteiger partial charge in [-0.3, -0.25) is 0 Å². The number of alkyl halides is 2. The van der Waals surface area contributed by atoms with Crippen molar-refractivity contribution in [2.45, 2.75) is 25.2 Å². The van der Waals surface area contributed by atoms with Crippen LogP contribution in [0.3, 0.4) is 0 Å². The third kappa shape index (κ3) is 2.90. The summed E-state index contributed by atoms with van der Waals surface area (Å²) < 4.78 is 25.6. The van der Waals surface area contributed by atoms with Crippen molar-refractivity contribution in [3.05, 3.63) is 0 Å². The second-order valence-electron chi connectivity index (χ2n) is 3.96. The van der Waals surface area contributed by atoms with Gasteiger partial charge in [0.1, 0.15) is 0 Å². The Bertz CT molecular complexity index is 213. The number of hydrogen-bond donors (Lipinski definition) is 1. The van der Waals surface area contributed by atoms with E-state index in [4.69, 9.17) is 5.11 Å². The first kappa shape index (κ1) is 11.4. The molecular formula is C9H15F2NO2. The molecule has 0 spiro atoms. The van der Waals surface area contributed by atoms with Gasteiger partial charge >= 0.3 is 11.9 Å². The number of nitrogens with zero attached hydrogens (tertiary/aromatic N) is 1. The van der Waals surface area contributed by atoms with E-state index in [2.05, 4.69) is 4.90 Å². The topological polar surface area (TPSA) is 40.5 Å². The zero-order chi connectivity index (χ0) is 10.8. The fraction of sp³-hybridized carbons (Fsp3) is 0.889. The largest absolute Gasteiger partial charge is 0.477 e. The van der Waals surface area contributed by atoms with E-state index in [1.807, 2.05) is 7.05 Å². The Morgan fingerprint density at radius 2 is 2.00 bits per heavy atom. The highest BCUT2D eigenvalue weighted by Gasteiger charge is 2.41. The van der Waals surface area contributed by atoms with Crippen molar-refractivity contribution >= 4 is 5.97 Å². The first-order valence-electron chi connectivity index (χ1n) is 4.71. The molecule has 1 aliphatic heterocycles. The molecule has 3 nitrogen and oxygen atoms in total.